The van der Waals surface area contributed by atoms with Crippen molar-refractivity contribution in [3.8, 4) is 11.5 Å². The van der Waals surface area contributed by atoms with Gasteiger partial charge in [0.05, 0.1) is 24.0 Å². The number of ether oxygens (including phenoxy) is 2. The summed E-state index contributed by atoms with van der Waals surface area (Å²) in [6.45, 7) is 11.4. The Morgan fingerprint density at radius 2 is 0.807 bits per heavy atom. The molecule has 12 heterocycles. The fourth-order valence-corrected chi connectivity index (χ4v) is 10.7. The molecule has 0 aromatic heterocycles. The first-order valence-corrected chi connectivity index (χ1v) is 30.5. The summed E-state index contributed by atoms with van der Waals surface area (Å²) in [6.07, 6.45) is 4.54. The van der Waals surface area contributed by atoms with Crippen LogP contribution in [0.25, 0.3) is 0 Å². The SMILES string of the molecule is CCCCC[C@H]1CN2CCNC(=O)c3ccc(c(C)c3C)C(=O)NCCN(CCNC(=O)c3ccc(c(C)c3C)C(=O)N[C@@H](CCCOS(C)(=O)=O)C2)CCNC(=O)c2ccc(c(OCc3ccccc3)c2OCc2ccccc2)C(=O)N1. The van der Waals surface area contributed by atoms with Crippen molar-refractivity contribution in [2.45, 2.75) is 98.4 Å². The molecule has 0 spiro atoms. The summed E-state index contributed by atoms with van der Waals surface area (Å²) >= 11 is 0. The smallest absolute Gasteiger partial charge is 0.264 e. The fraction of sp³-hybridized carbons (Fsp3) is 0.429. The minimum atomic E-state index is -3.77. The van der Waals surface area contributed by atoms with Gasteiger partial charge in [-0.05, 0) is 117 Å². The number of carbonyl (C=O) groups excluding carboxylic acids is 6. The van der Waals surface area contributed by atoms with E-state index in [1.165, 1.54) is 0 Å². The van der Waals surface area contributed by atoms with Gasteiger partial charge in [-0.3, -0.25) is 42.8 Å². The van der Waals surface area contributed by atoms with Gasteiger partial charge in [0, 0.05) is 99.8 Å². The van der Waals surface area contributed by atoms with Crippen LogP contribution in [0.5, 0.6) is 11.5 Å². The van der Waals surface area contributed by atoms with Crippen molar-refractivity contribution in [1.82, 2.24) is 41.7 Å². The number of hydrogen-bond donors (Lipinski definition) is 6. The summed E-state index contributed by atoms with van der Waals surface area (Å²) in [5.74, 6) is -2.27. The summed E-state index contributed by atoms with van der Waals surface area (Å²) in [5.41, 5.74) is 5.87. The molecule has 0 radical (unpaired) electrons. The lowest BCUT2D eigenvalue weighted by Gasteiger charge is -2.32. The highest BCUT2D eigenvalue weighted by Gasteiger charge is 2.29. The Kier molecular flexibility index (Phi) is 23.2. The highest BCUT2D eigenvalue weighted by molar-refractivity contribution is 7.85. The second-order valence-electron chi connectivity index (χ2n) is 21.3. The number of carbonyl (C=O) groups is 6. The quantitative estimate of drug-likeness (QED) is 0.0481. The lowest BCUT2D eigenvalue weighted by Crippen LogP contribution is -2.51. The first-order chi connectivity index (χ1) is 39.9. The third-order valence-corrected chi connectivity index (χ3v) is 15.8. The standard InChI is InChI=1S/C63H80N8O11S/c1-7-8-11-21-48-38-71-36-32-66-60(74)51-24-23-50(42(2)43(51)3)58(72)64-29-33-70(34-30-65-59(73)52-25-26-53(45(5)44(52)4)62(76)68-49(39-71)22-16-37-82-83(6,78)79)35-31-67-61(75)54-27-28-55(63(77)69-48)57(81-41-47-19-14-10-15-20-47)56(54)80-40-46-17-12-9-13-18-46/h9-10,12-15,17-20,23-28,48-49H,7-8,11,16,21-22,29-41H2,1-6H3,(H,64,72)(H,65,73)(H,66,74)(H,67,75)(H,68,76)(H,69,77)/t48-,49-/m0/s1. The third kappa shape index (κ3) is 18.2. The molecule has 19 nitrogen and oxygen atoms in total. The minimum Gasteiger partial charge on any atom is -0.484 e. The second kappa shape index (κ2) is 30.6. The Hall–Kier alpha value is -7.65. The van der Waals surface area contributed by atoms with Gasteiger partial charge in [0.1, 0.15) is 13.2 Å². The fourth-order valence-electron chi connectivity index (χ4n) is 10.3. The summed E-state index contributed by atoms with van der Waals surface area (Å²) in [7, 11) is -3.77. The molecule has 12 aliphatic heterocycles. The summed E-state index contributed by atoms with van der Waals surface area (Å²) < 4.78 is 42.6. The van der Waals surface area contributed by atoms with Crippen LogP contribution in [-0.4, -0.2) is 144 Å². The highest BCUT2D eigenvalue weighted by atomic mass is 32.2. The van der Waals surface area contributed by atoms with Crippen LogP contribution in [0.4, 0.5) is 0 Å². The molecule has 4 atom stereocenters. The molecule has 17 rings (SSSR count). The van der Waals surface area contributed by atoms with Gasteiger partial charge in [0.25, 0.3) is 45.6 Å². The Morgan fingerprint density at radius 3 is 1.22 bits per heavy atom. The third-order valence-electron chi connectivity index (χ3n) is 15.2. The molecule has 83 heavy (non-hydrogen) atoms. The van der Waals surface area contributed by atoms with Gasteiger partial charge in [-0.15, -0.1) is 0 Å². The molecule has 6 N–H and O–H groups in total. The van der Waals surface area contributed by atoms with E-state index in [2.05, 4.69) is 43.7 Å². The number of nitrogens with one attached hydrogen (secondary N) is 6. The predicted molar refractivity (Wildman–Crippen MR) is 319 cm³/mol. The van der Waals surface area contributed by atoms with Crippen molar-refractivity contribution in [2.75, 3.05) is 78.3 Å². The lowest BCUT2D eigenvalue weighted by molar-refractivity contribution is 0.0888. The highest BCUT2D eigenvalue weighted by Crippen LogP contribution is 2.37. The normalized spacial score (nSPS) is 19.1. The molecule has 5 aromatic rings. The van der Waals surface area contributed by atoms with Gasteiger partial charge in [0.15, 0.2) is 11.5 Å². The van der Waals surface area contributed by atoms with Gasteiger partial charge in [-0.25, -0.2) is 0 Å². The number of benzene rings is 5. The Morgan fingerprint density at radius 1 is 0.458 bits per heavy atom. The van der Waals surface area contributed by atoms with E-state index < -0.39 is 39.9 Å². The molecule has 5 aromatic carbocycles. The van der Waals surface area contributed by atoms with Crippen LogP contribution >= 0.6 is 0 Å². The Labute approximate surface area is 488 Å². The largest absolute Gasteiger partial charge is 0.484 e. The van der Waals surface area contributed by atoms with E-state index in [4.69, 9.17) is 13.7 Å². The average Bonchev–Trinajstić information content (AvgIpc) is 3.60. The Balaban J connectivity index is 1.37. The van der Waals surface area contributed by atoms with E-state index in [0.717, 1.165) is 36.6 Å². The van der Waals surface area contributed by atoms with Crippen molar-refractivity contribution in [2.24, 2.45) is 0 Å². The maximum atomic E-state index is 15.2. The van der Waals surface area contributed by atoms with Crippen LogP contribution in [0.1, 0.15) is 141 Å². The second-order valence-corrected chi connectivity index (χ2v) is 23.0. The average molecular weight is 1160 g/mol. The number of amides is 6. The van der Waals surface area contributed by atoms with Crippen LogP contribution < -0.4 is 41.4 Å². The van der Waals surface area contributed by atoms with Crippen LogP contribution in [0.3, 0.4) is 0 Å². The van der Waals surface area contributed by atoms with Crippen LogP contribution in [-0.2, 0) is 27.5 Å². The first kappa shape index (κ1) is 62.9. The van der Waals surface area contributed by atoms with Gasteiger partial charge in [-0.2, -0.15) is 8.42 Å². The van der Waals surface area contributed by atoms with E-state index in [1.54, 1.807) is 64.1 Å². The van der Waals surface area contributed by atoms with Gasteiger partial charge >= 0.3 is 0 Å². The van der Waals surface area contributed by atoms with E-state index in [9.17, 15) is 32.4 Å². The number of rotatable bonds is 15. The van der Waals surface area contributed by atoms with E-state index in [1.807, 2.05) is 65.6 Å². The lowest BCUT2D eigenvalue weighted by atomic mass is 9.96. The van der Waals surface area contributed by atoms with Crippen LogP contribution in [0.2, 0.25) is 0 Å². The molecular formula is C63H80N8O11S. The monoisotopic (exact) mass is 1160 g/mol. The van der Waals surface area contributed by atoms with Gasteiger partial charge in [-0.1, -0.05) is 86.8 Å². The van der Waals surface area contributed by atoms with Crippen molar-refractivity contribution in [3.05, 3.63) is 164 Å². The minimum absolute atomic E-state index is 0.0316. The summed E-state index contributed by atoms with van der Waals surface area (Å²) in [4.78, 5) is 90.4. The maximum Gasteiger partial charge on any atom is 0.264 e. The summed E-state index contributed by atoms with van der Waals surface area (Å²) in [6, 6.07) is 27.4. The van der Waals surface area contributed by atoms with Crippen LogP contribution in [0.15, 0.2) is 97.1 Å². The van der Waals surface area contributed by atoms with Crippen LogP contribution in [0, 0.1) is 27.7 Å². The molecule has 0 fully saturated rings. The number of unbranched alkanes of at least 4 members (excludes halogenated alkanes) is 2. The van der Waals surface area contributed by atoms with E-state index in [-0.39, 0.29) is 119 Å². The van der Waals surface area contributed by atoms with Gasteiger partial charge in [0.2, 0.25) is 0 Å². The molecule has 8 bridgehead atoms. The molecule has 0 aliphatic carbocycles. The van der Waals surface area contributed by atoms with Crippen molar-refractivity contribution >= 4 is 45.6 Å². The first-order valence-electron chi connectivity index (χ1n) is 28.6. The zero-order valence-corrected chi connectivity index (χ0v) is 49.4. The molecule has 0 saturated carbocycles. The topological polar surface area (TPSA) is 243 Å². The number of nitrogens with zero attached hydrogens (tertiary/aromatic N) is 2. The van der Waals surface area contributed by atoms with E-state index in [0.29, 0.717) is 70.6 Å². The van der Waals surface area contributed by atoms with Crippen molar-refractivity contribution in [3.63, 3.8) is 0 Å². The zero-order chi connectivity index (χ0) is 59.5. The van der Waals surface area contributed by atoms with E-state index >= 15 is 4.79 Å². The zero-order valence-electron chi connectivity index (χ0n) is 48.6. The molecule has 0 saturated heterocycles. The molecule has 12 aliphatic rings. The van der Waals surface area contributed by atoms with Crippen molar-refractivity contribution < 1.29 is 50.8 Å². The summed E-state index contributed by atoms with van der Waals surface area (Å²) in [5, 5.41) is 18.7. The number of hydrogen-bond acceptors (Lipinski definition) is 13. The molecule has 2 unspecified atom stereocenters. The van der Waals surface area contributed by atoms with Crippen molar-refractivity contribution in [1.29, 1.82) is 0 Å². The maximum absolute atomic E-state index is 15.2. The Bertz CT molecular complexity index is 3200. The molecule has 20 heteroatoms. The predicted octanol–water partition coefficient (Wildman–Crippen LogP) is 6.56. The molecule has 444 valence electrons. The molecular weight excluding hydrogens is 1080 g/mol. The molecule has 6 amide bonds. The van der Waals surface area contributed by atoms with Gasteiger partial charge < -0.3 is 41.4 Å².